The second kappa shape index (κ2) is 11.0. The van der Waals surface area contributed by atoms with Crippen molar-refractivity contribution in [3.05, 3.63) is 75.9 Å². The Labute approximate surface area is 208 Å². The van der Waals surface area contributed by atoms with Crippen molar-refractivity contribution in [3.63, 3.8) is 0 Å². The Kier molecular flexibility index (Phi) is 7.63. The van der Waals surface area contributed by atoms with Gasteiger partial charge in [0.25, 0.3) is 0 Å². The third kappa shape index (κ3) is 5.61. The molecule has 1 aliphatic rings. The third-order valence-electron chi connectivity index (χ3n) is 6.04. The first-order valence-electron chi connectivity index (χ1n) is 11.4. The van der Waals surface area contributed by atoms with E-state index in [0.29, 0.717) is 36.6 Å². The summed E-state index contributed by atoms with van der Waals surface area (Å²) in [6.45, 7) is 3.29. The minimum Gasteiger partial charge on any atom is -0.496 e. The lowest BCUT2D eigenvalue weighted by molar-refractivity contribution is -0.116. The molecule has 1 atom stereocenters. The van der Waals surface area contributed by atoms with Crippen molar-refractivity contribution in [2.45, 2.75) is 38.8 Å². The maximum atomic E-state index is 12.8. The van der Waals surface area contributed by atoms with E-state index in [1.165, 1.54) is 11.3 Å². The molecule has 8 nitrogen and oxygen atoms in total. The number of para-hydroxylation sites is 1. The van der Waals surface area contributed by atoms with Gasteiger partial charge in [0, 0.05) is 36.8 Å². The molecule has 0 spiro atoms. The highest BCUT2D eigenvalue weighted by atomic mass is 32.1. The maximum Gasteiger partial charge on any atom is 0.318 e. The SMILES string of the molecule is COc1ccccc1C(C)CC(=O)Nc1sc2c(c1C#N)CCN(C(=O)NCc1cccnc1)C2. The van der Waals surface area contributed by atoms with E-state index in [1.807, 2.05) is 43.3 Å². The van der Waals surface area contributed by atoms with Crippen LogP contribution < -0.4 is 15.4 Å². The molecule has 2 N–H and O–H groups in total. The molecule has 9 heteroatoms. The van der Waals surface area contributed by atoms with E-state index >= 15 is 0 Å². The van der Waals surface area contributed by atoms with Crippen molar-refractivity contribution in [2.24, 2.45) is 0 Å². The van der Waals surface area contributed by atoms with Gasteiger partial charge in [0.2, 0.25) is 5.91 Å². The number of ether oxygens (including phenoxy) is 1. The molecular formula is C26H27N5O3S. The van der Waals surface area contributed by atoms with E-state index in [4.69, 9.17) is 4.74 Å². The van der Waals surface area contributed by atoms with Crippen LogP contribution in [0.1, 0.15) is 46.4 Å². The van der Waals surface area contributed by atoms with Crippen LogP contribution in [0.25, 0.3) is 0 Å². The summed E-state index contributed by atoms with van der Waals surface area (Å²) in [5.41, 5.74) is 3.30. The number of carbonyl (C=O) groups excluding carboxylic acids is 2. The Hall–Kier alpha value is -3.90. The van der Waals surface area contributed by atoms with Crippen LogP contribution in [-0.2, 0) is 24.3 Å². The van der Waals surface area contributed by atoms with Crippen molar-refractivity contribution in [2.75, 3.05) is 19.0 Å². The molecule has 1 aromatic carbocycles. The van der Waals surface area contributed by atoms with Gasteiger partial charge in [-0.15, -0.1) is 11.3 Å². The first-order chi connectivity index (χ1) is 17.0. The fraction of sp³-hybridized carbons (Fsp3) is 0.308. The van der Waals surface area contributed by atoms with Crippen LogP contribution in [0.3, 0.4) is 0 Å². The summed E-state index contributed by atoms with van der Waals surface area (Å²) in [4.78, 5) is 32.2. The number of carbonyl (C=O) groups is 2. The predicted octanol–water partition coefficient (Wildman–Crippen LogP) is 4.42. The van der Waals surface area contributed by atoms with Gasteiger partial charge in [0.15, 0.2) is 0 Å². The van der Waals surface area contributed by atoms with Crippen LogP contribution in [0.4, 0.5) is 9.80 Å². The zero-order chi connectivity index (χ0) is 24.8. The quantitative estimate of drug-likeness (QED) is 0.511. The molecule has 1 aliphatic heterocycles. The van der Waals surface area contributed by atoms with E-state index in [1.54, 1.807) is 24.4 Å². The zero-order valence-electron chi connectivity index (χ0n) is 19.7. The first-order valence-corrected chi connectivity index (χ1v) is 12.2. The highest BCUT2D eigenvalue weighted by Crippen LogP contribution is 2.37. The zero-order valence-corrected chi connectivity index (χ0v) is 20.5. The Morgan fingerprint density at radius 3 is 2.86 bits per heavy atom. The fourth-order valence-electron chi connectivity index (χ4n) is 4.21. The second-order valence-electron chi connectivity index (χ2n) is 8.41. The van der Waals surface area contributed by atoms with Crippen LogP contribution in [0.15, 0.2) is 48.8 Å². The lowest BCUT2D eigenvalue weighted by Crippen LogP contribution is -2.42. The minimum atomic E-state index is -0.164. The molecule has 0 saturated carbocycles. The average Bonchev–Trinajstić information content (AvgIpc) is 3.23. The molecule has 3 aromatic rings. The topological polar surface area (TPSA) is 107 Å². The lowest BCUT2D eigenvalue weighted by Gasteiger charge is -2.27. The molecule has 180 valence electrons. The molecule has 0 saturated heterocycles. The number of anilines is 1. The number of methoxy groups -OCH3 is 1. The molecule has 4 rings (SSSR count). The standard InChI is InChI=1S/C26H27N5O3S/c1-17(19-7-3-4-8-22(19)34-2)12-24(32)30-25-21(13-27)20-9-11-31(16-23(20)35-25)26(33)29-15-18-6-5-10-28-14-18/h3-8,10,14,17H,9,11-12,15-16H2,1-2H3,(H,29,33)(H,30,32). The van der Waals surface area contributed by atoms with E-state index < -0.39 is 0 Å². The Morgan fingerprint density at radius 1 is 1.29 bits per heavy atom. The van der Waals surface area contributed by atoms with Gasteiger partial charge in [-0.3, -0.25) is 9.78 Å². The molecule has 35 heavy (non-hydrogen) atoms. The van der Waals surface area contributed by atoms with E-state index in [2.05, 4.69) is 21.7 Å². The van der Waals surface area contributed by atoms with Gasteiger partial charge in [-0.25, -0.2) is 4.79 Å². The van der Waals surface area contributed by atoms with E-state index in [-0.39, 0.29) is 24.3 Å². The van der Waals surface area contributed by atoms with Crippen LogP contribution in [0.2, 0.25) is 0 Å². The number of aromatic nitrogens is 1. The Balaban J connectivity index is 1.40. The molecule has 0 fully saturated rings. The van der Waals surface area contributed by atoms with Gasteiger partial charge in [-0.2, -0.15) is 5.26 Å². The summed E-state index contributed by atoms with van der Waals surface area (Å²) in [6.07, 6.45) is 4.24. The number of nitrogens with zero attached hydrogens (tertiary/aromatic N) is 3. The van der Waals surface area contributed by atoms with Gasteiger partial charge in [-0.05, 0) is 41.2 Å². The maximum absolute atomic E-state index is 12.8. The lowest BCUT2D eigenvalue weighted by atomic mass is 9.96. The number of urea groups is 1. The minimum absolute atomic E-state index is 0.0507. The van der Waals surface area contributed by atoms with Crippen molar-refractivity contribution < 1.29 is 14.3 Å². The average molecular weight is 490 g/mol. The van der Waals surface area contributed by atoms with Crippen LogP contribution >= 0.6 is 11.3 Å². The summed E-state index contributed by atoms with van der Waals surface area (Å²) < 4.78 is 5.42. The largest absolute Gasteiger partial charge is 0.496 e. The number of nitrogens with one attached hydrogen (secondary N) is 2. The van der Waals surface area contributed by atoms with Crippen molar-refractivity contribution in [3.8, 4) is 11.8 Å². The van der Waals surface area contributed by atoms with Crippen LogP contribution in [0.5, 0.6) is 5.75 Å². The van der Waals surface area contributed by atoms with Gasteiger partial charge in [-0.1, -0.05) is 31.2 Å². The summed E-state index contributed by atoms with van der Waals surface area (Å²) in [6, 6.07) is 13.5. The van der Waals surface area contributed by atoms with Gasteiger partial charge < -0.3 is 20.3 Å². The number of hydrogen-bond acceptors (Lipinski definition) is 6. The number of amides is 3. The Morgan fingerprint density at radius 2 is 2.11 bits per heavy atom. The summed E-state index contributed by atoms with van der Waals surface area (Å²) in [5.74, 6) is 0.536. The summed E-state index contributed by atoms with van der Waals surface area (Å²) in [5, 5.41) is 16.2. The number of thiophene rings is 1. The second-order valence-corrected chi connectivity index (χ2v) is 9.51. The third-order valence-corrected chi connectivity index (χ3v) is 7.17. The number of benzene rings is 1. The highest BCUT2D eigenvalue weighted by molar-refractivity contribution is 7.16. The van der Waals surface area contributed by atoms with Gasteiger partial charge >= 0.3 is 6.03 Å². The van der Waals surface area contributed by atoms with Gasteiger partial charge in [0.1, 0.15) is 16.8 Å². The fourth-order valence-corrected chi connectivity index (χ4v) is 5.44. The van der Waals surface area contributed by atoms with E-state index in [9.17, 15) is 14.9 Å². The first kappa shape index (κ1) is 24.2. The number of nitriles is 1. The predicted molar refractivity (Wildman–Crippen MR) is 134 cm³/mol. The van der Waals surface area contributed by atoms with Crippen molar-refractivity contribution >= 4 is 28.3 Å². The van der Waals surface area contributed by atoms with Crippen LogP contribution in [0, 0.1) is 11.3 Å². The Bertz CT molecular complexity index is 1250. The number of rotatable bonds is 7. The van der Waals surface area contributed by atoms with Gasteiger partial charge in [0.05, 0.1) is 19.2 Å². The van der Waals surface area contributed by atoms with Crippen molar-refractivity contribution in [1.82, 2.24) is 15.2 Å². The molecular weight excluding hydrogens is 462 g/mol. The number of pyridine rings is 1. The molecule has 1 unspecified atom stereocenters. The summed E-state index contributed by atoms with van der Waals surface area (Å²) >= 11 is 1.37. The number of fused-ring (bicyclic) bond motifs is 1. The van der Waals surface area contributed by atoms with E-state index in [0.717, 1.165) is 27.3 Å². The normalized spacial score (nSPS) is 13.3. The number of hydrogen-bond donors (Lipinski definition) is 2. The molecule has 2 aromatic heterocycles. The molecule has 0 radical (unpaired) electrons. The van der Waals surface area contributed by atoms with Crippen LogP contribution in [-0.4, -0.2) is 35.5 Å². The molecule has 0 bridgehead atoms. The molecule has 3 heterocycles. The monoisotopic (exact) mass is 489 g/mol. The molecule has 3 amide bonds. The molecule has 0 aliphatic carbocycles. The van der Waals surface area contributed by atoms with Crippen molar-refractivity contribution in [1.29, 1.82) is 5.26 Å². The summed E-state index contributed by atoms with van der Waals surface area (Å²) in [7, 11) is 1.61. The smallest absolute Gasteiger partial charge is 0.318 e. The highest BCUT2D eigenvalue weighted by Gasteiger charge is 2.28.